The molecule has 0 bridgehead atoms. The van der Waals surface area contributed by atoms with Gasteiger partial charge in [0.1, 0.15) is 10.7 Å². The van der Waals surface area contributed by atoms with Crippen LogP contribution < -0.4 is 5.32 Å². The highest BCUT2D eigenvalue weighted by Crippen LogP contribution is 2.35. The number of nitrogens with one attached hydrogen (secondary N) is 1. The predicted molar refractivity (Wildman–Crippen MR) is 114 cm³/mol. The van der Waals surface area contributed by atoms with E-state index < -0.39 is 10.0 Å². The van der Waals surface area contributed by atoms with Crippen LogP contribution in [0.15, 0.2) is 47.4 Å². The summed E-state index contributed by atoms with van der Waals surface area (Å²) in [5.41, 5.74) is 0.743. The molecular formula is C20H18ClFN2O4S2. The molecule has 1 aromatic heterocycles. The van der Waals surface area contributed by atoms with Crippen LogP contribution in [0.5, 0.6) is 0 Å². The van der Waals surface area contributed by atoms with Crippen molar-refractivity contribution in [3.05, 3.63) is 63.7 Å². The van der Waals surface area contributed by atoms with E-state index in [0.717, 1.165) is 16.9 Å². The molecular weight excluding hydrogens is 451 g/mol. The Balaban J connectivity index is 1.44. The van der Waals surface area contributed by atoms with Gasteiger partial charge in [0.05, 0.1) is 23.1 Å². The SMILES string of the molecule is O=C(NCc1ccc(S(=O)(=O)N2CCOCC2)cc1)c1sc2cc(F)ccc2c1Cl. The highest BCUT2D eigenvalue weighted by molar-refractivity contribution is 7.89. The van der Waals surface area contributed by atoms with E-state index in [0.29, 0.717) is 46.3 Å². The van der Waals surface area contributed by atoms with Crippen molar-refractivity contribution in [3.63, 3.8) is 0 Å². The van der Waals surface area contributed by atoms with E-state index in [4.69, 9.17) is 16.3 Å². The summed E-state index contributed by atoms with van der Waals surface area (Å²) in [6.07, 6.45) is 0. The van der Waals surface area contributed by atoms with Crippen molar-refractivity contribution in [1.29, 1.82) is 0 Å². The first-order chi connectivity index (χ1) is 14.4. The summed E-state index contributed by atoms with van der Waals surface area (Å²) >= 11 is 7.40. The molecule has 0 saturated carbocycles. The Bertz CT molecular complexity index is 1190. The summed E-state index contributed by atoms with van der Waals surface area (Å²) < 4.78 is 45.9. The maximum absolute atomic E-state index is 13.4. The molecule has 1 N–H and O–H groups in total. The molecule has 1 fully saturated rings. The second kappa shape index (κ2) is 8.60. The van der Waals surface area contributed by atoms with Crippen molar-refractivity contribution < 1.29 is 22.3 Å². The number of amides is 1. The van der Waals surface area contributed by atoms with Crippen LogP contribution in [-0.4, -0.2) is 44.9 Å². The van der Waals surface area contributed by atoms with Gasteiger partial charge in [-0.1, -0.05) is 23.7 Å². The molecule has 3 aromatic rings. The number of nitrogens with zero attached hydrogens (tertiary/aromatic N) is 1. The Morgan fingerprint density at radius 1 is 1.17 bits per heavy atom. The van der Waals surface area contributed by atoms with Crippen molar-refractivity contribution >= 4 is 49.0 Å². The smallest absolute Gasteiger partial charge is 0.263 e. The van der Waals surface area contributed by atoms with Crippen molar-refractivity contribution in [2.24, 2.45) is 0 Å². The first-order valence-electron chi connectivity index (χ1n) is 9.19. The summed E-state index contributed by atoms with van der Waals surface area (Å²) in [4.78, 5) is 13.0. The number of rotatable bonds is 5. The second-order valence-corrected chi connectivity index (χ2v) is 10.1. The highest BCUT2D eigenvalue weighted by atomic mass is 35.5. The van der Waals surface area contributed by atoms with Crippen LogP contribution in [0.3, 0.4) is 0 Å². The van der Waals surface area contributed by atoms with Gasteiger partial charge in [-0.25, -0.2) is 12.8 Å². The van der Waals surface area contributed by atoms with Crippen LogP contribution in [0.25, 0.3) is 10.1 Å². The summed E-state index contributed by atoms with van der Waals surface area (Å²) in [5.74, 6) is -0.758. The number of halogens is 2. The van der Waals surface area contributed by atoms with Gasteiger partial charge in [-0.15, -0.1) is 11.3 Å². The molecule has 0 aliphatic carbocycles. The number of carbonyl (C=O) groups is 1. The van der Waals surface area contributed by atoms with Gasteiger partial charge >= 0.3 is 0 Å². The topological polar surface area (TPSA) is 75.7 Å². The average Bonchev–Trinajstić information content (AvgIpc) is 3.08. The van der Waals surface area contributed by atoms with E-state index in [1.54, 1.807) is 18.2 Å². The maximum Gasteiger partial charge on any atom is 0.263 e. The molecule has 2 aromatic carbocycles. The van der Waals surface area contributed by atoms with Crippen LogP contribution >= 0.6 is 22.9 Å². The van der Waals surface area contributed by atoms with Crippen LogP contribution in [0.2, 0.25) is 5.02 Å². The molecule has 1 amide bonds. The predicted octanol–water partition coefficient (Wildman–Crippen LogP) is 3.64. The normalized spacial score (nSPS) is 15.4. The molecule has 158 valence electrons. The van der Waals surface area contributed by atoms with Crippen LogP contribution in [0.4, 0.5) is 4.39 Å². The zero-order valence-corrected chi connectivity index (χ0v) is 18.1. The van der Waals surface area contributed by atoms with Crippen molar-refractivity contribution in [2.75, 3.05) is 26.3 Å². The molecule has 1 aliphatic heterocycles. The van der Waals surface area contributed by atoms with E-state index in [9.17, 15) is 17.6 Å². The average molecular weight is 469 g/mol. The number of sulfonamides is 1. The molecule has 10 heteroatoms. The third-order valence-corrected chi connectivity index (χ3v) is 8.35. The van der Waals surface area contributed by atoms with Crippen molar-refractivity contribution in [1.82, 2.24) is 9.62 Å². The first-order valence-corrected chi connectivity index (χ1v) is 11.8. The zero-order valence-electron chi connectivity index (χ0n) is 15.7. The third kappa shape index (κ3) is 4.21. The van der Waals surface area contributed by atoms with Crippen molar-refractivity contribution in [3.8, 4) is 0 Å². The lowest BCUT2D eigenvalue weighted by molar-refractivity contribution is 0.0730. The van der Waals surface area contributed by atoms with Crippen LogP contribution in [-0.2, 0) is 21.3 Å². The lowest BCUT2D eigenvalue weighted by Crippen LogP contribution is -2.40. The minimum atomic E-state index is -3.56. The molecule has 4 rings (SSSR count). The fourth-order valence-corrected chi connectivity index (χ4v) is 6.03. The van der Waals surface area contributed by atoms with E-state index in [1.807, 2.05) is 0 Å². The Morgan fingerprint density at radius 3 is 2.57 bits per heavy atom. The molecule has 1 saturated heterocycles. The zero-order chi connectivity index (χ0) is 21.3. The van der Waals surface area contributed by atoms with Gasteiger partial charge in [0.15, 0.2) is 0 Å². The number of ether oxygens (including phenoxy) is 1. The standard InChI is InChI=1S/C20H18ClFN2O4S2/c21-18-16-6-3-14(22)11-17(16)29-19(18)20(25)23-12-13-1-4-15(5-2-13)30(26,27)24-7-9-28-10-8-24/h1-6,11H,7-10,12H2,(H,23,25). The number of carbonyl (C=O) groups excluding carboxylic acids is 1. The fraction of sp³-hybridized carbons (Fsp3) is 0.250. The molecule has 30 heavy (non-hydrogen) atoms. The minimum absolute atomic E-state index is 0.203. The van der Waals surface area contributed by atoms with Gasteiger partial charge in [-0.3, -0.25) is 4.79 Å². The Kier molecular flexibility index (Phi) is 6.08. The Morgan fingerprint density at radius 2 is 1.87 bits per heavy atom. The molecule has 2 heterocycles. The summed E-state index contributed by atoms with van der Waals surface area (Å²) in [5, 5.41) is 3.69. The highest BCUT2D eigenvalue weighted by Gasteiger charge is 2.26. The third-order valence-electron chi connectivity index (χ3n) is 4.78. The quantitative estimate of drug-likeness (QED) is 0.620. The van der Waals surface area contributed by atoms with Gasteiger partial charge in [-0.05, 0) is 35.9 Å². The monoisotopic (exact) mass is 468 g/mol. The first kappa shape index (κ1) is 21.2. The van der Waals surface area contributed by atoms with Gasteiger partial charge in [0, 0.05) is 29.7 Å². The largest absolute Gasteiger partial charge is 0.379 e. The van der Waals surface area contributed by atoms with E-state index in [2.05, 4.69) is 5.32 Å². The van der Waals surface area contributed by atoms with Gasteiger partial charge in [0.2, 0.25) is 10.0 Å². The number of hydrogen-bond donors (Lipinski definition) is 1. The maximum atomic E-state index is 13.4. The Labute approximate surface area is 182 Å². The van der Waals surface area contributed by atoms with Crippen LogP contribution in [0.1, 0.15) is 15.2 Å². The van der Waals surface area contributed by atoms with Gasteiger partial charge < -0.3 is 10.1 Å². The van der Waals surface area contributed by atoms with Crippen molar-refractivity contribution in [2.45, 2.75) is 11.4 Å². The number of thiophene rings is 1. The van der Waals surface area contributed by atoms with Crippen LogP contribution in [0, 0.1) is 5.82 Å². The molecule has 0 spiro atoms. The number of benzene rings is 2. The molecule has 6 nitrogen and oxygen atoms in total. The molecule has 0 radical (unpaired) electrons. The fourth-order valence-electron chi connectivity index (χ4n) is 3.16. The molecule has 0 unspecified atom stereocenters. The second-order valence-electron chi connectivity index (χ2n) is 6.73. The van der Waals surface area contributed by atoms with E-state index >= 15 is 0 Å². The van der Waals surface area contributed by atoms with E-state index in [1.165, 1.54) is 28.6 Å². The number of morpholine rings is 1. The summed E-state index contributed by atoms with van der Waals surface area (Å²) in [6.45, 7) is 1.64. The summed E-state index contributed by atoms with van der Waals surface area (Å²) in [7, 11) is -3.56. The van der Waals surface area contributed by atoms with E-state index in [-0.39, 0.29) is 23.2 Å². The lowest BCUT2D eigenvalue weighted by Gasteiger charge is -2.26. The minimum Gasteiger partial charge on any atom is -0.379 e. The van der Waals surface area contributed by atoms with Gasteiger partial charge in [0.25, 0.3) is 5.91 Å². The Hall–Kier alpha value is -2.04. The molecule has 1 aliphatic rings. The summed E-state index contributed by atoms with van der Waals surface area (Å²) in [6, 6.07) is 10.6. The lowest BCUT2D eigenvalue weighted by atomic mass is 10.2. The molecule has 0 atom stereocenters. The number of fused-ring (bicyclic) bond motifs is 1. The number of hydrogen-bond acceptors (Lipinski definition) is 5. The van der Waals surface area contributed by atoms with Gasteiger partial charge in [-0.2, -0.15) is 4.31 Å².